The Morgan fingerprint density at radius 3 is 2.89 bits per heavy atom. The highest BCUT2D eigenvalue weighted by Gasteiger charge is 2.49. The molecule has 1 N–H and O–H groups in total. The standard InChI is InChI=1S/C14H15NO3/c1-18-10-4-5-12-11(7-10)14(13(17)15-12)6-2-3-9(16)8-14/h4-5,7H,2-3,6,8H2,1H3,(H,15,17)/t14-/m0/s1. The van der Waals surface area contributed by atoms with Crippen molar-refractivity contribution in [3.05, 3.63) is 23.8 Å². The van der Waals surface area contributed by atoms with Crippen molar-refractivity contribution in [2.75, 3.05) is 12.4 Å². The summed E-state index contributed by atoms with van der Waals surface area (Å²) in [4.78, 5) is 24.0. The summed E-state index contributed by atoms with van der Waals surface area (Å²) in [5.74, 6) is 0.855. The van der Waals surface area contributed by atoms with Crippen LogP contribution in [0, 0.1) is 0 Å². The number of benzene rings is 1. The Balaban J connectivity index is 2.12. The van der Waals surface area contributed by atoms with Gasteiger partial charge in [-0.05, 0) is 36.6 Å². The molecule has 1 aliphatic carbocycles. The van der Waals surface area contributed by atoms with Crippen LogP contribution in [0.2, 0.25) is 0 Å². The molecule has 94 valence electrons. The summed E-state index contributed by atoms with van der Waals surface area (Å²) in [6.07, 6.45) is 2.43. The predicted molar refractivity (Wildman–Crippen MR) is 66.8 cm³/mol. The largest absolute Gasteiger partial charge is 0.497 e. The molecule has 0 bridgehead atoms. The van der Waals surface area contributed by atoms with Crippen molar-refractivity contribution in [3.63, 3.8) is 0 Å². The van der Waals surface area contributed by atoms with E-state index in [4.69, 9.17) is 4.74 Å². The van der Waals surface area contributed by atoms with E-state index in [2.05, 4.69) is 5.32 Å². The zero-order chi connectivity index (χ0) is 12.8. The van der Waals surface area contributed by atoms with E-state index in [0.29, 0.717) is 12.8 Å². The van der Waals surface area contributed by atoms with Crippen molar-refractivity contribution in [3.8, 4) is 5.75 Å². The summed E-state index contributed by atoms with van der Waals surface area (Å²) >= 11 is 0. The van der Waals surface area contributed by atoms with Crippen molar-refractivity contribution < 1.29 is 14.3 Å². The van der Waals surface area contributed by atoms with Gasteiger partial charge in [-0.3, -0.25) is 9.59 Å². The maximum Gasteiger partial charge on any atom is 0.235 e. The smallest absolute Gasteiger partial charge is 0.235 e. The molecule has 1 amide bonds. The SMILES string of the molecule is COc1ccc2c(c1)[C@@]1(CCCC(=O)C1)C(=O)N2. The third kappa shape index (κ3) is 1.45. The van der Waals surface area contributed by atoms with Crippen LogP contribution in [0.5, 0.6) is 5.75 Å². The number of hydrogen-bond acceptors (Lipinski definition) is 3. The molecule has 1 saturated carbocycles. The first-order valence-electron chi connectivity index (χ1n) is 6.17. The quantitative estimate of drug-likeness (QED) is 0.823. The molecule has 1 fully saturated rings. The van der Waals surface area contributed by atoms with Crippen LogP contribution in [-0.4, -0.2) is 18.8 Å². The molecule has 4 nitrogen and oxygen atoms in total. The summed E-state index contributed by atoms with van der Waals surface area (Å²) in [5, 5.41) is 2.88. The van der Waals surface area contributed by atoms with Gasteiger partial charge in [0.05, 0.1) is 12.5 Å². The first kappa shape index (κ1) is 11.3. The summed E-state index contributed by atoms with van der Waals surface area (Å²) in [6.45, 7) is 0. The third-order valence-corrected chi connectivity index (χ3v) is 3.98. The number of methoxy groups -OCH3 is 1. The zero-order valence-corrected chi connectivity index (χ0v) is 10.3. The minimum absolute atomic E-state index is 0.0428. The van der Waals surface area contributed by atoms with Gasteiger partial charge in [0.2, 0.25) is 5.91 Å². The molecule has 1 atom stereocenters. The van der Waals surface area contributed by atoms with E-state index in [0.717, 1.165) is 29.8 Å². The minimum atomic E-state index is -0.654. The molecule has 3 rings (SSSR count). The highest BCUT2D eigenvalue weighted by molar-refractivity contribution is 6.09. The summed E-state index contributed by atoms with van der Waals surface area (Å²) in [7, 11) is 1.60. The molecular weight excluding hydrogens is 230 g/mol. The highest BCUT2D eigenvalue weighted by Crippen LogP contribution is 2.47. The number of anilines is 1. The fourth-order valence-electron chi connectivity index (χ4n) is 3.04. The fourth-order valence-corrected chi connectivity index (χ4v) is 3.04. The van der Waals surface area contributed by atoms with Gasteiger partial charge in [0.1, 0.15) is 11.5 Å². The number of Topliss-reactive ketones (excluding diaryl/α,β-unsaturated/α-hetero) is 1. The van der Waals surface area contributed by atoms with E-state index >= 15 is 0 Å². The molecule has 0 unspecified atom stereocenters. The number of amides is 1. The number of nitrogens with one attached hydrogen (secondary N) is 1. The van der Waals surface area contributed by atoms with Gasteiger partial charge in [0.15, 0.2) is 0 Å². The van der Waals surface area contributed by atoms with E-state index < -0.39 is 5.41 Å². The van der Waals surface area contributed by atoms with Crippen molar-refractivity contribution in [1.29, 1.82) is 0 Å². The minimum Gasteiger partial charge on any atom is -0.497 e. The maximum absolute atomic E-state index is 12.2. The normalized spacial score (nSPS) is 26.1. The average molecular weight is 245 g/mol. The number of carbonyl (C=O) groups excluding carboxylic acids is 2. The number of ether oxygens (including phenoxy) is 1. The van der Waals surface area contributed by atoms with E-state index in [1.165, 1.54) is 0 Å². The number of rotatable bonds is 1. The van der Waals surface area contributed by atoms with Crippen LogP contribution >= 0.6 is 0 Å². The second-order valence-electron chi connectivity index (χ2n) is 5.02. The van der Waals surface area contributed by atoms with Gasteiger partial charge in [0, 0.05) is 18.5 Å². The van der Waals surface area contributed by atoms with Crippen LogP contribution in [0.3, 0.4) is 0 Å². The third-order valence-electron chi connectivity index (χ3n) is 3.98. The predicted octanol–water partition coefficient (Wildman–Crippen LogP) is 2.03. The van der Waals surface area contributed by atoms with Crippen LogP contribution < -0.4 is 10.1 Å². The maximum atomic E-state index is 12.2. The first-order chi connectivity index (χ1) is 8.65. The number of hydrogen-bond donors (Lipinski definition) is 1. The van der Waals surface area contributed by atoms with Gasteiger partial charge >= 0.3 is 0 Å². The van der Waals surface area contributed by atoms with E-state index in [1.807, 2.05) is 18.2 Å². The van der Waals surface area contributed by atoms with Gasteiger partial charge in [-0.25, -0.2) is 0 Å². The molecule has 1 heterocycles. The lowest BCUT2D eigenvalue weighted by atomic mass is 9.70. The van der Waals surface area contributed by atoms with Crippen molar-refractivity contribution >= 4 is 17.4 Å². The monoisotopic (exact) mass is 245 g/mol. The summed E-state index contributed by atoms with van der Waals surface area (Å²) < 4.78 is 5.21. The Hall–Kier alpha value is -1.84. The first-order valence-corrected chi connectivity index (χ1v) is 6.17. The second-order valence-corrected chi connectivity index (χ2v) is 5.02. The number of ketones is 1. The van der Waals surface area contributed by atoms with Gasteiger partial charge < -0.3 is 10.1 Å². The topological polar surface area (TPSA) is 55.4 Å². The Morgan fingerprint density at radius 2 is 2.17 bits per heavy atom. The molecule has 2 aliphatic rings. The van der Waals surface area contributed by atoms with E-state index in [9.17, 15) is 9.59 Å². The molecule has 1 aromatic rings. The molecule has 4 heteroatoms. The van der Waals surface area contributed by atoms with E-state index in [1.54, 1.807) is 7.11 Å². The molecule has 1 aliphatic heterocycles. The molecule has 18 heavy (non-hydrogen) atoms. The van der Waals surface area contributed by atoms with Gasteiger partial charge in [0.25, 0.3) is 0 Å². The lowest BCUT2D eigenvalue weighted by Gasteiger charge is -2.30. The molecule has 0 saturated heterocycles. The van der Waals surface area contributed by atoms with Gasteiger partial charge in [-0.15, -0.1) is 0 Å². The molecule has 0 aromatic heterocycles. The van der Waals surface area contributed by atoms with Crippen LogP contribution in [0.1, 0.15) is 31.2 Å². The summed E-state index contributed by atoms with van der Waals surface area (Å²) in [5.41, 5.74) is 1.08. The molecule has 0 radical (unpaired) electrons. The Bertz CT molecular complexity index is 538. The Kier molecular flexibility index (Phi) is 2.40. The van der Waals surface area contributed by atoms with Crippen LogP contribution in [0.15, 0.2) is 18.2 Å². The van der Waals surface area contributed by atoms with Crippen molar-refractivity contribution in [1.82, 2.24) is 0 Å². The number of fused-ring (bicyclic) bond motifs is 2. The van der Waals surface area contributed by atoms with Crippen LogP contribution in [-0.2, 0) is 15.0 Å². The average Bonchev–Trinajstić information content (AvgIpc) is 2.62. The number of carbonyl (C=O) groups is 2. The van der Waals surface area contributed by atoms with Gasteiger partial charge in [-0.1, -0.05) is 0 Å². The van der Waals surface area contributed by atoms with E-state index in [-0.39, 0.29) is 11.7 Å². The highest BCUT2D eigenvalue weighted by atomic mass is 16.5. The van der Waals surface area contributed by atoms with Gasteiger partial charge in [-0.2, -0.15) is 0 Å². The Morgan fingerprint density at radius 1 is 1.33 bits per heavy atom. The van der Waals surface area contributed by atoms with Crippen LogP contribution in [0.4, 0.5) is 5.69 Å². The fraction of sp³-hybridized carbons (Fsp3) is 0.429. The Labute approximate surface area is 105 Å². The second kappa shape index (κ2) is 3.83. The van der Waals surface area contributed by atoms with Crippen molar-refractivity contribution in [2.45, 2.75) is 31.1 Å². The molecule has 1 spiro atoms. The lowest BCUT2D eigenvalue weighted by Crippen LogP contribution is -2.39. The zero-order valence-electron chi connectivity index (χ0n) is 10.3. The summed E-state index contributed by atoms with van der Waals surface area (Å²) in [6, 6.07) is 5.55. The van der Waals surface area contributed by atoms with Crippen LogP contribution in [0.25, 0.3) is 0 Å². The van der Waals surface area contributed by atoms with Crippen molar-refractivity contribution in [2.24, 2.45) is 0 Å². The molecular formula is C14H15NO3. The molecule has 1 aromatic carbocycles. The lowest BCUT2D eigenvalue weighted by molar-refractivity contribution is -0.129.